The number of imidazole rings is 1. The second kappa shape index (κ2) is 7.03. The quantitative estimate of drug-likeness (QED) is 0.389. The van der Waals surface area contributed by atoms with E-state index in [1.54, 1.807) is 0 Å². The lowest BCUT2D eigenvalue weighted by Gasteiger charge is -2.16. The molecular weight excluding hydrogens is 328 g/mol. The fraction of sp³-hybridized carbons (Fsp3) is 0.240. The van der Waals surface area contributed by atoms with Crippen LogP contribution in [0.1, 0.15) is 50.7 Å². The molecule has 27 heavy (non-hydrogen) atoms. The number of nitrogens with zero attached hydrogens (tertiary/aromatic N) is 2. The minimum atomic E-state index is 0.475. The molecule has 0 amide bonds. The first kappa shape index (κ1) is 17.5. The zero-order valence-electron chi connectivity index (χ0n) is 16.6. The molecule has 0 atom stereocenters. The van der Waals surface area contributed by atoms with E-state index in [1.165, 1.54) is 33.6 Å². The van der Waals surface area contributed by atoms with E-state index in [-0.39, 0.29) is 0 Å². The van der Waals surface area contributed by atoms with Crippen LogP contribution in [0.5, 0.6) is 0 Å². The van der Waals surface area contributed by atoms with Gasteiger partial charge in [0.05, 0.1) is 0 Å². The SMILES string of the molecule is CC(C)c1cccc(C(C)C)c1-[n+]1cc2cccc(-c3ccccc3)n2c1. The Bertz CT molecular complexity index is 1050. The summed E-state index contributed by atoms with van der Waals surface area (Å²) in [5, 5.41) is 0. The molecule has 136 valence electrons. The zero-order chi connectivity index (χ0) is 19.0. The fourth-order valence-electron chi connectivity index (χ4n) is 3.85. The molecule has 2 aromatic carbocycles. The molecule has 0 radical (unpaired) electrons. The molecule has 0 saturated heterocycles. The Hall–Kier alpha value is -2.87. The minimum absolute atomic E-state index is 0.475. The normalized spacial score (nSPS) is 11.6. The third-order valence-electron chi connectivity index (χ3n) is 5.24. The molecule has 0 bridgehead atoms. The first-order valence-electron chi connectivity index (χ1n) is 9.77. The summed E-state index contributed by atoms with van der Waals surface area (Å²) in [6, 6.07) is 23.8. The maximum absolute atomic E-state index is 2.31. The van der Waals surface area contributed by atoms with Crippen LogP contribution in [0.2, 0.25) is 0 Å². The Morgan fingerprint density at radius 2 is 1.33 bits per heavy atom. The van der Waals surface area contributed by atoms with Crippen LogP contribution in [0, 0.1) is 0 Å². The van der Waals surface area contributed by atoms with Crippen LogP contribution in [0.4, 0.5) is 0 Å². The summed E-state index contributed by atoms with van der Waals surface area (Å²) in [6.45, 7) is 9.09. The van der Waals surface area contributed by atoms with Crippen LogP contribution in [0.3, 0.4) is 0 Å². The molecule has 0 aliphatic carbocycles. The average Bonchev–Trinajstić information content (AvgIpc) is 3.12. The van der Waals surface area contributed by atoms with Crippen molar-refractivity contribution in [3.05, 3.63) is 90.4 Å². The van der Waals surface area contributed by atoms with Gasteiger partial charge >= 0.3 is 0 Å². The van der Waals surface area contributed by atoms with Crippen LogP contribution in [-0.4, -0.2) is 4.40 Å². The van der Waals surface area contributed by atoms with Crippen LogP contribution in [0.25, 0.3) is 22.5 Å². The maximum atomic E-state index is 2.31. The number of rotatable bonds is 4. The number of fused-ring (bicyclic) bond motifs is 1. The minimum Gasteiger partial charge on any atom is -0.201 e. The van der Waals surface area contributed by atoms with Gasteiger partial charge in [0, 0.05) is 16.7 Å². The van der Waals surface area contributed by atoms with Crippen molar-refractivity contribution in [2.45, 2.75) is 39.5 Å². The van der Waals surface area contributed by atoms with Gasteiger partial charge in [-0.05, 0) is 24.0 Å². The van der Waals surface area contributed by atoms with Gasteiger partial charge in [0.1, 0.15) is 17.6 Å². The van der Waals surface area contributed by atoms with Gasteiger partial charge in [0.25, 0.3) is 6.33 Å². The van der Waals surface area contributed by atoms with Crippen molar-refractivity contribution in [1.29, 1.82) is 0 Å². The van der Waals surface area contributed by atoms with Crippen LogP contribution in [0.15, 0.2) is 79.3 Å². The van der Waals surface area contributed by atoms with E-state index < -0.39 is 0 Å². The van der Waals surface area contributed by atoms with E-state index in [0.29, 0.717) is 11.8 Å². The molecule has 0 spiro atoms. The van der Waals surface area contributed by atoms with Gasteiger partial charge in [0.15, 0.2) is 5.52 Å². The molecule has 4 rings (SSSR count). The third kappa shape index (κ3) is 3.16. The molecule has 0 saturated carbocycles. The second-order valence-corrected chi connectivity index (χ2v) is 7.82. The van der Waals surface area contributed by atoms with Gasteiger partial charge < -0.3 is 0 Å². The van der Waals surface area contributed by atoms with E-state index in [2.05, 4.69) is 116 Å². The van der Waals surface area contributed by atoms with E-state index in [0.717, 1.165) is 0 Å². The Morgan fingerprint density at radius 3 is 1.96 bits per heavy atom. The predicted octanol–water partition coefficient (Wildman–Crippen LogP) is 6.13. The maximum Gasteiger partial charge on any atom is 0.254 e. The summed E-state index contributed by atoms with van der Waals surface area (Å²) in [4.78, 5) is 0. The van der Waals surface area contributed by atoms with Crippen molar-refractivity contribution in [3.63, 3.8) is 0 Å². The lowest BCUT2D eigenvalue weighted by atomic mass is 9.92. The number of pyridine rings is 1. The van der Waals surface area contributed by atoms with Crippen molar-refractivity contribution in [3.8, 4) is 16.9 Å². The topological polar surface area (TPSA) is 8.29 Å². The highest BCUT2D eigenvalue weighted by Crippen LogP contribution is 2.28. The molecule has 0 aliphatic heterocycles. The standard InChI is InChI=1S/C25H27N2/c1-18(2)22-13-9-14-23(19(3)4)25(22)26-16-21-12-8-15-24(27(21)17-26)20-10-6-5-7-11-20/h5-19H,1-4H3/q+1. The summed E-state index contributed by atoms with van der Waals surface area (Å²) in [6.07, 6.45) is 4.48. The van der Waals surface area contributed by atoms with Gasteiger partial charge in [-0.3, -0.25) is 0 Å². The highest BCUT2D eigenvalue weighted by Gasteiger charge is 2.21. The first-order valence-corrected chi connectivity index (χ1v) is 9.77. The van der Waals surface area contributed by atoms with Gasteiger partial charge in [-0.2, -0.15) is 4.40 Å². The highest BCUT2D eigenvalue weighted by atomic mass is 15.1. The second-order valence-electron chi connectivity index (χ2n) is 7.82. The Balaban J connectivity index is 1.97. The van der Waals surface area contributed by atoms with Gasteiger partial charge in [0.2, 0.25) is 0 Å². The van der Waals surface area contributed by atoms with Crippen molar-refractivity contribution in [1.82, 2.24) is 4.40 Å². The Labute approximate surface area is 161 Å². The average molecular weight is 356 g/mol. The summed E-state index contributed by atoms with van der Waals surface area (Å²) >= 11 is 0. The van der Waals surface area contributed by atoms with E-state index in [1.807, 2.05) is 0 Å². The summed E-state index contributed by atoms with van der Waals surface area (Å²) in [5.41, 5.74) is 7.74. The zero-order valence-corrected chi connectivity index (χ0v) is 16.6. The van der Waals surface area contributed by atoms with Crippen LogP contribution >= 0.6 is 0 Å². The van der Waals surface area contributed by atoms with Gasteiger partial charge in [-0.25, -0.2) is 4.57 Å². The van der Waals surface area contributed by atoms with Crippen LogP contribution < -0.4 is 4.57 Å². The molecule has 0 fully saturated rings. The molecule has 0 unspecified atom stereocenters. The summed E-state index contributed by atoms with van der Waals surface area (Å²) in [5.74, 6) is 0.950. The van der Waals surface area contributed by atoms with E-state index in [9.17, 15) is 0 Å². The Kier molecular flexibility index (Phi) is 4.57. The highest BCUT2D eigenvalue weighted by molar-refractivity contribution is 5.64. The molecule has 0 N–H and O–H groups in total. The van der Waals surface area contributed by atoms with Crippen molar-refractivity contribution in [2.75, 3.05) is 0 Å². The van der Waals surface area contributed by atoms with Gasteiger partial charge in [-0.15, -0.1) is 0 Å². The van der Waals surface area contributed by atoms with E-state index in [4.69, 9.17) is 0 Å². The van der Waals surface area contributed by atoms with Crippen LogP contribution in [-0.2, 0) is 0 Å². The lowest BCUT2D eigenvalue weighted by molar-refractivity contribution is -0.595. The Morgan fingerprint density at radius 1 is 0.704 bits per heavy atom. The lowest BCUT2D eigenvalue weighted by Crippen LogP contribution is -2.31. The van der Waals surface area contributed by atoms with E-state index >= 15 is 0 Å². The summed E-state index contributed by atoms with van der Waals surface area (Å²) in [7, 11) is 0. The first-order chi connectivity index (χ1) is 13.1. The molecule has 2 heteroatoms. The molecule has 0 aliphatic rings. The van der Waals surface area contributed by atoms with Crippen molar-refractivity contribution in [2.24, 2.45) is 0 Å². The summed E-state index contributed by atoms with van der Waals surface area (Å²) < 4.78 is 4.60. The van der Waals surface area contributed by atoms with Gasteiger partial charge in [-0.1, -0.05) is 82.3 Å². The monoisotopic (exact) mass is 355 g/mol. The fourth-order valence-corrected chi connectivity index (χ4v) is 3.85. The number of para-hydroxylation sites is 1. The third-order valence-corrected chi connectivity index (χ3v) is 5.24. The largest absolute Gasteiger partial charge is 0.254 e. The number of benzene rings is 2. The van der Waals surface area contributed by atoms with Crippen molar-refractivity contribution >= 4 is 5.52 Å². The molecule has 2 aromatic heterocycles. The number of aromatic nitrogens is 2. The molecule has 2 nitrogen and oxygen atoms in total. The molecule has 2 heterocycles. The number of hydrogen-bond acceptors (Lipinski definition) is 0. The number of hydrogen-bond donors (Lipinski definition) is 0. The predicted molar refractivity (Wildman–Crippen MR) is 113 cm³/mol. The molecular formula is C25H27N2+. The van der Waals surface area contributed by atoms with Crippen molar-refractivity contribution < 1.29 is 4.57 Å². The smallest absolute Gasteiger partial charge is 0.201 e. The molecule has 4 aromatic rings.